The highest BCUT2D eigenvalue weighted by Gasteiger charge is 2.27. The van der Waals surface area contributed by atoms with Crippen LogP contribution in [0.3, 0.4) is 0 Å². The van der Waals surface area contributed by atoms with E-state index in [1.54, 1.807) is 31.4 Å². The molecule has 6 nitrogen and oxygen atoms in total. The molecule has 2 unspecified atom stereocenters. The van der Waals surface area contributed by atoms with Gasteiger partial charge in [0.25, 0.3) is 0 Å². The number of benzene rings is 1. The molecule has 0 aliphatic heterocycles. The van der Waals surface area contributed by atoms with Crippen LogP contribution in [0.15, 0.2) is 24.3 Å². The molecule has 0 aromatic heterocycles. The number of ether oxygens (including phenoxy) is 2. The molecule has 2 atom stereocenters. The summed E-state index contributed by atoms with van der Waals surface area (Å²) in [6.07, 6.45) is 2.57. The average molecular weight is 314 g/mol. The minimum absolute atomic E-state index is 0.0401. The van der Waals surface area contributed by atoms with E-state index < -0.39 is 10.0 Å². The summed E-state index contributed by atoms with van der Waals surface area (Å²) in [6, 6.07) is 6.98. The Balaban J connectivity index is 1.78. The van der Waals surface area contributed by atoms with Crippen LogP contribution in [0.1, 0.15) is 19.3 Å². The summed E-state index contributed by atoms with van der Waals surface area (Å²) in [5, 5.41) is 0. The lowest BCUT2D eigenvalue weighted by molar-refractivity contribution is 0.107. The van der Waals surface area contributed by atoms with Gasteiger partial charge in [0.1, 0.15) is 12.4 Å². The Hall–Kier alpha value is -1.31. The van der Waals surface area contributed by atoms with Gasteiger partial charge < -0.3 is 15.2 Å². The lowest BCUT2D eigenvalue weighted by Gasteiger charge is -2.14. The highest BCUT2D eigenvalue weighted by atomic mass is 32.2. The molecule has 2 rings (SSSR count). The zero-order valence-corrected chi connectivity index (χ0v) is 12.9. The highest BCUT2D eigenvalue weighted by Crippen LogP contribution is 2.22. The fourth-order valence-corrected chi connectivity index (χ4v) is 3.59. The average Bonchev–Trinajstić information content (AvgIpc) is 2.87. The van der Waals surface area contributed by atoms with Crippen LogP contribution < -0.4 is 15.2 Å². The fourth-order valence-electron chi connectivity index (χ4n) is 2.45. The summed E-state index contributed by atoms with van der Waals surface area (Å²) in [5.74, 6) is 0.420. The first-order valence-corrected chi connectivity index (χ1v) is 8.65. The van der Waals surface area contributed by atoms with Crippen LogP contribution in [0, 0.1) is 0 Å². The maximum absolute atomic E-state index is 12.0. The van der Waals surface area contributed by atoms with E-state index in [0.29, 0.717) is 11.4 Å². The van der Waals surface area contributed by atoms with E-state index in [0.717, 1.165) is 19.3 Å². The minimum Gasteiger partial charge on any atom is -0.490 e. The van der Waals surface area contributed by atoms with E-state index in [1.165, 1.54) is 0 Å². The van der Waals surface area contributed by atoms with Crippen molar-refractivity contribution in [2.45, 2.75) is 31.4 Å². The molecule has 0 radical (unpaired) electrons. The van der Waals surface area contributed by atoms with E-state index in [-0.39, 0.29) is 24.5 Å². The van der Waals surface area contributed by atoms with Crippen molar-refractivity contribution in [2.75, 3.05) is 25.2 Å². The highest BCUT2D eigenvalue weighted by molar-refractivity contribution is 7.89. The molecule has 21 heavy (non-hydrogen) atoms. The SMILES string of the molecule is COC1CCC(NS(=O)(=O)CCOc2ccccc2N)C1. The number of para-hydroxylation sites is 2. The maximum atomic E-state index is 12.0. The summed E-state index contributed by atoms with van der Waals surface area (Å²) in [4.78, 5) is 0. The second-order valence-electron chi connectivity index (χ2n) is 5.19. The van der Waals surface area contributed by atoms with Crippen LogP contribution in [0.25, 0.3) is 0 Å². The topological polar surface area (TPSA) is 90.6 Å². The van der Waals surface area contributed by atoms with Crippen molar-refractivity contribution in [1.29, 1.82) is 0 Å². The first kappa shape index (κ1) is 16.1. The fraction of sp³-hybridized carbons (Fsp3) is 0.571. The van der Waals surface area contributed by atoms with Crippen molar-refractivity contribution in [3.05, 3.63) is 24.3 Å². The van der Waals surface area contributed by atoms with Gasteiger partial charge in [-0.1, -0.05) is 12.1 Å². The van der Waals surface area contributed by atoms with Crippen LogP contribution >= 0.6 is 0 Å². The molecular formula is C14H22N2O4S. The Kier molecular flexibility index (Phi) is 5.44. The van der Waals surface area contributed by atoms with E-state index in [1.807, 2.05) is 0 Å². The van der Waals surface area contributed by atoms with Gasteiger partial charge in [0.15, 0.2) is 0 Å². The third kappa shape index (κ3) is 4.87. The molecule has 0 saturated heterocycles. The number of rotatable bonds is 7. The van der Waals surface area contributed by atoms with Crippen molar-refractivity contribution in [2.24, 2.45) is 0 Å². The summed E-state index contributed by atoms with van der Waals surface area (Å²) in [6.45, 7) is 0.0734. The van der Waals surface area contributed by atoms with Crippen molar-refractivity contribution in [1.82, 2.24) is 4.72 Å². The number of hydrogen-bond acceptors (Lipinski definition) is 5. The molecule has 0 amide bonds. The van der Waals surface area contributed by atoms with Crippen molar-refractivity contribution in [3.63, 3.8) is 0 Å². The minimum atomic E-state index is -3.35. The maximum Gasteiger partial charge on any atom is 0.215 e. The predicted octanol–water partition coefficient (Wildman–Crippen LogP) is 1.13. The van der Waals surface area contributed by atoms with Crippen LogP contribution in [-0.2, 0) is 14.8 Å². The van der Waals surface area contributed by atoms with E-state index in [4.69, 9.17) is 15.2 Å². The van der Waals surface area contributed by atoms with Gasteiger partial charge in [0.2, 0.25) is 10.0 Å². The molecule has 3 N–H and O–H groups in total. The van der Waals surface area contributed by atoms with Crippen molar-refractivity contribution in [3.8, 4) is 5.75 Å². The van der Waals surface area contributed by atoms with E-state index in [9.17, 15) is 8.42 Å². The van der Waals surface area contributed by atoms with Gasteiger partial charge in [-0.2, -0.15) is 0 Å². The van der Waals surface area contributed by atoms with Gasteiger partial charge in [-0.25, -0.2) is 13.1 Å². The molecule has 118 valence electrons. The number of nitrogens with one attached hydrogen (secondary N) is 1. The summed E-state index contributed by atoms with van der Waals surface area (Å²) in [7, 11) is -1.70. The molecule has 0 bridgehead atoms. The van der Waals surface area contributed by atoms with Gasteiger partial charge in [-0.3, -0.25) is 0 Å². The molecule has 1 saturated carbocycles. The molecular weight excluding hydrogens is 292 g/mol. The third-order valence-electron chi connectivity index (χ3n) is 3.59. The molecule has 1 aromatic carbocycles. The molecule has 7 heteroatoms. The van der Waals surface area contributed by atoms with Crippen LogP contribution in [-0.4, -0.2) is 40.0 Å². The second kappa shape index (κ2) is 7.11. The van der Waals surface area contributed by atoms with Crippen LogP contribution in [0.4, 0.5) is 5.69 Å². The van der Waals surface area contributed by atoms with Gasteiger partial charge >= 0.3 is 0 Å². The van der Waals surface area contributed by atoms with Crippen molar-refractivity contribution >= 4 is 15.7 Å². The standard InChI is InChI=1S/C14H22N2O4S/c1-19-12-7-6-11(10-12)16-21(17,18)9-8-20-14-5-3-2-4-13(14)15/h2-5,11-12,16H,6-10,15H2,1H3. The molecule has 0 heterocycles. The first-order chi connectivity index (χ1) is 10.00. The van der Waals surface area contributed by atoms with Gasteiger partial charge in [0, 0.05) is 13.2 Å². The number of nitrogens with two attached hydrogens (primary N) is 1. The van der Waals surface area contributed by atoms with E-state index >= 15 is 0 Å². The second-order valence-corrected chi connectivity index (χ2v) is 7.06. The van der Waals surface area contributed by atoms with Gasteiger partial charge in [0.05, 0.1) is 17.5 Å². The third-order valence-corrected chi connectivity index (χ3v) is 4.99. The zero-order chi connectivity index (χ0) is 15.3. The molecule has 1 fully saturated rings. The molecule has 1 aliphatic rings. The normalized spacial score (nSPS) is 22.3. The van der Waals surface area contributed by atoms with Crippen LogP contribution in [0.5, 0.6) is 5.75 Å². The summed E-state index contributed by atoms with van der Waals surface area (Å²) in [5.41, 5.74) is 6.23. The molecule has 1 aromatic rings. The molecule has 0 spiro atoms. The van der Waals surface area contributed by atoms with Crippen LogP contribution in [0.2, 0.25) is 0 Å². The first-order valence-electron chi connectivity index (χ1n) is 7.00. The largest absolute Gasteiger partial charge is 0.490 e. The number of nitrogen functional groups attached to an aromatic ring is 1. The smallest absolute Gasteiger partial charge is 0.215 e. The van der Waals surface area contributed by atoms with Gasteiger partial charge in [-0.15, -0.1) is 0 Å². The Labute approximate surface area is 125 Å². The van der Waals surface area contributed by atoms with Crippen molar-refractivity contribution < 1.29 is 17.9 Å². The Bertz CT molecular complexity index is 562. The monoisotopic (exact) mass is 314 g/mol. The Morgan fingerprint density at radius 2 is 2.10 bits per heavy atom. The number of methoxy groups -OCH3 is 1. The van der Waals surface area contributed by atoms with Gasteiger partial charge in [-0.05, 0) is 31.4 Å². The predicted molar refractivity (Wildman–Crippen MR) is 81.7 cm³/mol. The lowest BCUT2D eigenvalue weighted by Crippen LogP contribution is -2.36. The quantitative estimate of drug-likeness (QED) is 0.736. The molecule has 1 aliphatic carbocycles. The Morgan fingerprint density at radius 3 is 2.76 bits per heavy atom. The number of sulfonamides is 1. The number of anilines is 1. The zero-order valence-electron chi connectivity index (χ0n) is 12.1. The number of hydrogen-bond donors (Lipinski definition) is 2. The summed E-state index contributed by atoms with van der Waals surface area (Å²) >= 11 is 0. The van der Waals surface area contributed by atoms with E-state index in [2.05, 4.69) is 4.72 Å². The Morgan fingerprint density at radius 1 is 1.33 bits per heavy atom. The lowest BCUT2D eigenvalue weighted by atomic mass is 10.3. The summed E-state index contributed by atoms with van der Waals surface area (Å²) < 4.78 is 37.3.